The van der Waals surface area contributed by atoms with Crippen LogP contribution >= 0.6 is 0 Å². The molecule has 0 fully saturated rings. The second-order valence-electron chi connectivity index (χ2n) is 4.25. The minimum atomic E-state index is 0.849. The van der Waals surface area contributed by atoms with Gasteiger partial charge in [-0.3, -0.25) is 0 Å². The van der Waals surface area contributed by atoms with Crippen LogP contribution in [0, 0.1) is 6.07 Å². The highest BCUT2D eigenvalue weighted by Crippen LogP contribution is 2.20. The fourth-order valence-electron chi connectivity index (χ4n) is 2.06. The van der Waals surface area contributed by atoms with Gasteiger partial charge in [0.25, 0.3) is 0 Å². The van der Waals surface area contributed by atoms with Crippen molar-refractivity contribution in [2.45, 2.75) is 25.7 Å². The van der Waals surface area contributed by atoms with Gasteiger partial charge in [0, 0.05) is 0 Å². The van der Waals surface area contributed by atoms with E-state index in [2.05, 4.69) is 38.4 Å². The number of hydrogen-bond acceptors (Lipinski definition) is 0. The lowest BCUT2D eigenvalue weighted by molar-refractivity contribution is 1.07. The molecule has 0 saturated carbocycles. The van der Waals surface area contributed by atoms with Crippen molar-refractivity contribution in [2.24, 2.45) is 0 Å². The molecule has 0 atom stereocenters. The zero-order valence-corrected chi connectivity index (χ0v) is 11.0. The lowest BCUT2D eigenvalue weighted by atomic mass is 9.92. The first kappa shape index (κ1) is 14.2. The summed E-state index contributed by atoms with van der Waals surface area (Å²) in [5, 5.41) is 0. The van der Waals surface area contributed by atoms with Crippen molar-refractivity contribution in [1.82, 2.24) is 0 Å². The maximum absolute atomic E-state index is 3.82. The molecule has 18 heavy (non-hydrogen) atoms. The van der Waals surface area contributed by atoms with E-state index in [1.54, 1.807) is 0 Å². The Kier molecular flexibility index (Phi) is 5.93. The maximum atomic E-state index is 3.82. The molecule has 0 saturated heterocycles. The topological polar surface area (TPSA) is 0 Å². The van der Waals surface area contributed by atoms with E-state index >= 15 is 0 Å². The van der Waals surface area contributed by atoms with Gasteiger partial charge in [-0.05, 0) is 54.0 Å². The normalized spacial score (nSPS) is 9.78. The van der Waals surface area contributed by atoms with Crippen LogP contribution < -0.4 is 0 Å². The Morgan fingerprint density at radius 2 is 1.11 bits per heavy atom. The zero-order valence-electron chi connectivity index (χ0n) is 11.0. The highest BCUT2D eigenvalue weighted by atomic mass is 14.1. The van der Waals surface area contributed by atoms with Crippen LogP contribution in [0.25, 0.3) is 0 Å². The molecule has 93 valence electrons. The third kappa shape index (κ3) is 3.59. The van der Waals surface area contributed by atoms with Crippen LogP contribution in [0.3, 0.4) is 0 Å². The summed E-state index contributed by atoms with van der Waals surface area (Å²) in [5.41, 5.74) is 5.01. The lowest BCUT2D eigenvalue weighted by Gasteiger charge is -2.13. The molecule has 0 aliphatic carbocycles. The molecule has 0 aliphatic rings. The van der Waals surface area contributed by atoms with Crippen LogP contribution in [0.4, 0.5) is 0 Å². The van der Waals surface area contributed by atoms with Crippen molar-refractivity contribution in [3.8, 4) is 0 Å². The summed E-state index contributed by atoms with van der Waals surface area (Å²) in [6, 6.07) is 5.76. The molecule has 0 nitrogen and oxygen atoms in total. The largest absolute Gasteiger partial charge is 0.103 e. The van der Waals surface area contributed by atoms with Crippen molar-refractivity contribution in [3.63, 3.8) is 0 Å². The first-order valence-electron chi connectivity index (χ1n) is 6.26. The van der Waals surface area contributed by atoms with E-state index in [-0.39, 0.29) is 0 Å². The first-order chi connectivity index (χ1) is 8.76. The summed E-state index contributed by atoms with van der Waals surface area (Å²) in [4.78, 5) is 0. The summed E-state index contributed by atoms with van der Waals surface area (Å²) < 4.78 is 0. The summed E-state index contributed by atoms with van der Waals surface area (Å²) in [6.07, 6.45) is 11.1. The number of rotatable bonds is 8. The Hall–Kier alpha value is -1.82. The van der Waals surface area contributed by atoms with Gasteiger partial charge in [-0.25, -0.2) is 0 Å². The van der Waals surface area contributed by atoms with Crippen LogP contribution in [0.2, 0.25) is 0 Å². The standard InChI is InChI=1S/C18H21/c1-5-9-15-13-17(11-7-3)18(12-8-4)14-16(15)10-6-2/h5-8,13H,1-4,9-12H2. The zero-order chi connectivity index (χ0) is 13.4. The molecule has 1 radical (unpaired) electrons. The van der Waals surface area contributed by atoms with E-state index in [0.717, 1.165) is 25.7 Å². The van der Waals surface area contributed by atoms with Gasteiger partial charge in [0.05, 0.1) is 0 Å². The van der Waals surface area contributed by atoms with E-state index in [0.29, 0.717) is 0 Å². The van der Waals surface area contributed by atoms with Gasteiger partial charge in [0.2, 0.25) is 0 Å². The predicted octanol–water partition coefficient (Wildman–Crippen LogP) is 4.40. The maximum Gasteiger partial charge on any atom is -0.00910 e. The molecule has 0 aliphatic heterocycles. The molecule has 0 N–H and O–H groups in total. The molecule has 0 heteroatoms. The SMILES string of the molecule is C=CCc1[c]c(CC=C)c(CC=C)cc1CC=C. The van der Waals surface area contributed by atoms with Crippen LogP contribution in [0.15, 0.2) is 56.7 Å². The predicted molar refractivity (Wildman–Crippen MR) is 80.9 cm³/mol. The molecule has 1 rings (SSSR count). The smallest absolute Gasteiger partial charge is 0.00910 e. The van der Waals surface area contributed by atoms with Crippen LogP contribution in [0.5, 0.6) is 0 Å². The highest BCUT2D eigenvalue weighted by molar-refractivity contribution is 5.41. The van der Waals surface area contributed by atoms with E-state index < -0.39 is 0 Å². The van der Waals surface area contributed by atoms with Crippen LogP contribution in [-0.2, 0) is 25.7 Å². The Labute approximate surface area is 111 Å². The molecular weight excluding hydrogens is 216 g/mol. The second-order valence-corrected chi connectivity index (χ2v) is 4.25. The summed E-state index contributed by atoms with van der Waals surface area (Å²) in [6.45, 7) is 15.3. The van der Waals surface area contributed by atoms with Gasteiger partial charge < -0.3 is 0 Å². The van der Waals surface area contributed by atoms with Gasteiger partial charge in [-0.15, -0.1) is 26.3 Å². The van der Waals surface area contributed by atoms with Gasteiger partial charge in [-0.1, -0.05) is 30.4 Å². The summed E-state index contributed by atoms with van der Waals surface area (Å²) in [5.74, 6) is 0. The van der Waals surface area contributed by atoms with E-state index in [4.69, 9.17) is 0 Å². The minimum Gasteiger partial charge on any atom is -0.103 e. The van der Waals surface area contributed by atoms with E-state index in [1.807, 2.05) is 24.3 Å². The van der Waals surface area contributed by atoms with Crippen LogP contribution in [0.1, 0.15) is 22.3 Å². The Morgan fingerprint density at radius 3 is 1.44 bits per heavy atom. The molecule has 0 heterocycles. The third-order valence-corrected chi connectivity index (χ3v) is 2.85. The molecule has 0 bridgehead atoms. The Bertz CT molecular complexity index is 367. The minimum absolute atomic E-state index is 0.849. The van der Waals surface area contributed by atoms with E-state index in [1.165, 1.54) is 22.3 Å². The monoisotopic (exact) mass is 237 g/mol. The van der Waals surface area contributed by atoms with Crippen molar-refractivity contribution in [1.29, 1.82) is 0 Å². The van der Waals surface area contributed by atoms with Crippen molar-refractivity contribution in [3.05, 3.63) is 85.0 Å². The second kappa shape index (κ2) is 7.50. The quantitative estimate of drug-likeness (QED) is 0.588. The Balaban J connectivity index is 3.27. The fraction of sp³-hybridized carbons (Fsp3) is 0.222. The van der Waals surface area contributed by atoms with Crippen molar-refractivity contribution >= 4 is 0 Å². The van der Waals surface area contributed by atoms with Crippen LogP contribution in [-0.4, -0.2) is 0 Å². The molecule has 0 amide bonds. The highest BCUT2D eigenvalue weighted by Gasteiger charge is 2.07. The first-order valence-corrected chi connectivity index (χ1v) is 6.26. The number of allylic oxidation sites excluding steroid dienone is 4. The summed E-state index contributed by atoms with van der Waals surface area (Å²) in [7, 11) is 0. The van der Waals surface area contributed by atoms with Crippen molar-refractivity contribution in [2.75, 3.05) is 0 Å². The fourth-order valence-corrected chi connectivity index (χ4v) is 2.06. The molecule has 0 aromatic heterocycles. The molecule has 0 unspecified atom stereocenters. The molecular formula is C18H21. The number of hydrogen-bond donors (Lipinski definition) is 0. The van der Waals surface area contributed by atoms with Gasteiger partial charge in [0.15, 0.2) is 0 Å². The third-order valence-electron chi connectivity index (χ3n) is 2.85. The van der Waals surface area contributed by atoms with Crippen molar-refractivity contribution < 1.29 is 0 Å². The molecule has 1 aromatic carbocycles. The number of benzene rings is 1. The van der Waals surface area contributed by atoms with Gasteiger partial charge in [0.1, 0.15) is 0 Å². The Morgan fingerprint density at radius 1 is 0.722 bits per heavy atom. The van der Waals surface area contributed by atoms with E-state index in [9.17, 15) is 0 Å². The average Bonchev–Trinajstić information content (AvgIpc) is 2.35. The molecule has 1 aromatic rings. The van der Waals surface area contributed by atoms with Gasteiger partial charge in [-0.2, -0.15) is 0 Å². The summed E-state index contributed by atoms with van der Waals surface area (Å²) >= 11 is 0. The van der Waals surface area contributed by atoms with Gasteiger partial charge >= 0.3 is 0 Å². The molecule has 0 spiro atoms. The lowest BCUT2D eigenvalue weighted by Crippen LogP contribution is -2.00. The average molecular weight is 237 g/mol.